The Balaban J connectivity index is 1.72. The van der Waals surface area contributed by atoms with E-state index < -0.39 is 15.9 Å². The topological polar surface area (TPSA) is 96.4 Å². The quantitative estimate of drug-likeness (QED) is 0.747. The predicted molar refractivity (Wildman–Crippen MR) is 108 cm³/mol. The van der Waals surface area contributed by atoms with Crippen molar-refractivity contribution in [1.29, 1.82) is 0 Å². The predicted octanol–water partition coefficient (Wildman–Crippen LogP) is 3.33. The minimum atomic E-state index is -3.54. The van der Waals surface area contributed by atoms with E-state index in [4.69, 9.17) is 0 Å². The van der Waals surface area contributed by atoms with Gasteiger partial charge < -0.3 is 0 Å². The van der Waals surface area contributed by atoms with Crippen LogP contribution in [0.2, 0.25) is 0 Å². The highest BCUT2D eigenvalue weighted by molar-refractivity contribution is 7.89. The largest absolute Gasteiger partial charge is 0.298 e. The molecule has 1 saturated heterocycles. The van der Waals surface area contributed by atoms with Crippen LogP contribution in [-0.2, 0) is 10.0 Å². The van der Waals surface area contributed by atoms with E-state index in [1.165, 1.54) is 35.5 Å². The van der Waals surface area contributed by atoms with Gasteiger partial charge in [-0.2, -0.15) is 4.31 Å². The van der Waals surface area contributed by atoms with Crippen LogP contribution in [0.1, 0.15) is 52.4 Å². The number of piperidine rings is 1. The second-order valence-corrected chi connectivity index (χ2v) is 9.99. The van der Waals surface area contributed by atoms with E-state index >= 15 is 0 Å². The number of anilines is 1. The lowest BCUT2D eigenvalue weighted by Gasteiger charge is -2.29. The molecule has 7 nitrogen and oxygen atoms in total. The molecule has 1 aliphatic rings. The average Bonchev–Trinajstić information content (AvgIpc) is 3.02. The lowest BCUT2D eigenvalue weighted by molar-refractivity contribution is 0.101. The van der Waals surface area contributed by atoms with E-state index in [2.05, 4.69) is 17.2 Å². The first-order valence-corrected chi connectivity index (χ1v) is 11.3. The average molecular weight is 422 g/mol. The Morgan fingerprint density at radius 3 is 2.32 bits per heavy atom. The number of aryl methyl sites for hydroxylation is 1. The van der Waals surface area contributed by atoms with E-state index in [1.807, 2.05) is 0 Å². The van der Waals surface area contributed by atoms with Crippen molar-refractivity contribution in [2.75, 3.05) is 18.4 Å². The first-order valence-electron chi connectivity index (χ1n) is 9.08. The van der Waals surface area contributed by atoms with Crippen molar-refractivity contribution in [3.63, 3.8) is 0 Å². The van der Waals surface area contributed by atoms with Gasteiger partial charge in [0.25, 0.3) is 5.91 Å². The van der Waals surface area contributed by atoms with Crippen molar-refractivity contribution < 1.29 is 18.0 Å². The summed E-state index contributed by atoms with van der Waals surface area (Å²) in [7, 11) is -3.54. The van der Waals surface area contributed by atoms with Gasteiger partial charge in [-0.3, -0.25) is 14.9 Å². The molecule has 1 amide bonds. The Kier molecular flexibility index (Phi) is 5.97. The lowest BCUT2D eigenvalue weighted by Crippen LogP contribution is -2.37. The molecule has 0 saturated carbocycles. The minimum Gasteiger partial charge on any atom is -0.298 e. The summed E-state index contributed by atoms with van der Waals surface area (Å²) in [6.45, 7) is 6.33. The summed E-state index contributed by atoms with van der Waals surface area (Å²) in [5.74, 6) is 0.0345. The van der Waals surface area contributed by atoms with Crippen LogP contribution in [0.25, 0.3) is 0 Å². The highest BCUT2D eigenvalue weighted by atomic mass is 32.2. The maximum Gasteiger partial charge on any atom is 0.257 e. The van der Waals surface area contributed by atoms with Crippen molar-refractivity contribution in [1.82, 2.24) is 9.29 Å². The number of carbonyl (C=O) groups is 2. The Morgan fingerprint density at radius 1 is 1.18 bits per heavy atom. The van der Waals surface area contributed by atoms with E-state index in [1.54, 1.807) is 6.92 Å². The normalized spacial score (nSPS) is 16.1. The SMILES string of the molecule is CC(=O)c1sc(NC(=O)c2ccc(S(=O)(=O)N3CCC(C)CC3)cc2)nc1C. The third-order valence-electron chi connectivity index (χ3n) is 4.83. The summed E-state index contributed by atoms with van der Waals surface area (Å²) in [6, 6.07) is 5.88. The number of amides is 1. The van der Waals surface area contributed by atoms with Crippen molar-refractivity contribution in [3.05, 3.63) is 40.4 Å². The number of carbonyl (C=O) groups excluding carboxylic acids is 2. The van der Waals surface area contributed by atoms with Gasteiger partial charge in [-0.25, -0.2) is 13.4 Å². The van der Waals surface area contributed by atoms with Crippen LogP contribution >= 0.6 is 11.3 Å². The zero-order valence-corrected chi connectivity index (χ0v) is 17.7. The molecule has 9 heteroatoms. The van der Waals surface area contributed by atoms with Gasteiger partial charge in [0.1, 0.15) is 0 Å². The van der Waals surface area contributed by atoms with Crippen molar-refractivity contribution in [2.45, 2.75) is 38.5 Å². The van der Waals surface area contributed by atoms with Crippen LogP contribution in [0.15, 0.2) is 29.2 Å². The summed E-state index contributed by atoms with van der Waals surface area (Å²) < 4.78 is 27.0. The van der Waals surface area contributed by atoms with Crippen LogP contribution in [0.5, 0.6) is 0 Å². The first-order chi connectivity index (χ1) is 13.2. The fraction of sp³-hybridized carbons (Fsp3) is 0.421. The van der Waals surface area contributed by atoms with Gasteiger partial charge in [0.05, 0.1) is 15.5 Å². The molecule has 150 valence electrons. The molecule has 0 atom stereocenters. The zero-order chi connectivity index (χ0) is 20.5. The Morgan fingerprint density at radius 2 is 1.79 bits per heavy atom. The second-order valence-electron chi connectivity index (χ2n) is 7.05. The monoisotopic (exact) mass is 421 g/mol. The molecule has 0 radical (unpaired) electrons. The molecule has 1 N–H and O–H groups in total. The number of nitrogens with one attached hydrogen (secondary N) is 1. The maximum atomic E-state index is 12.8. The molecular formula is C19H23N3O4S2. The van der Waals surface area contributed by atoms with E-state index in [9.17, 15) is 18.0 Å². The molecule has 2 heterocycles. The Hall–Kier alpha value is -2.10. The fourth-order valence-electron chi connectivity index (χ4n) is 3.10. The molecule has 0 bridgehead atoms. The van der Waals surface area contributed by atoms with Crippen molar-refractivity contribution >= 4 is 38.2 Å². The second kappa shape index (κ2) is 8.10. The molecule has 3 rings (SSSR count). The number of thiazole rings is 1. The molecule has 0 aliphatic carbocycles. The van der Waals surface area contributed by atoms with Gasteiger partial charge in [0, 0.05) is 25.6 Å². The van der Waals surface area contributed by atoms with Gasteiger partial charge in [-0.1, -0.05) is 18.3 Å². The highest BCUT2D eigenvalue weighted by Gasteiger charge is 2.28. The summed E-state index contributed by atoms with van der Waals surface area (Å²) in [5, 5.41) is 3.00. The van der Waals surface area contributed by atoms with Gasteiger partial charge in [-0.05, 0) is 49.9 Å². The van der Waals surface area contributed by atoms with Gasteiger partial charge >= 0.3 is 0 Å². The number of Topliss-reactive ketones (excluding diaryl/α,β-unsaturated/α-hetero) is 1. The molecule has 1 fully saturated rings. The molecule has 1 aromatic heterocycles. The molecule has 0 unspecified atom stereocenters. The maximum absolute atomic E-state index is 12.8. The van der Waals surface area contributed by atoms with Crippen LogP contribution in [-0.4, -0.2) is 42.5 Å². The van der Waals surface area contributed by atoms with Gasteiger partial charge in [0.15, 0.2) is 10.9 Å². The van der Waals surface area contributed by atoms with Crippen LogP contribution in [0.4, 0.5) is 5.13 Å². The third kappa shape index (κ3) is 4.31. The molecular weight excluding hydrogens is 398 g/mol. The lowest BCUT2D eigenvalue weighted by atomic mass is 10.0. The number of hydrogen-bond donors (Lipinski definition) is 1. The summed E-state index contributed by atoms with van der Waals surface area (Å²) in [4.78, 5) is 28.8. The Labute approximate surface area is 168 Å². The fourth-order valence-corrected chi connectivity index (χ4v) is 5.42. The summed E-state index contributed by atoms with van der Waals surface area (Å²) in [6.07, 6.45) is 1.71. The summed E-state index contributed by atoms with van der Waals surface area (Å²) in [5.41, 5.74) is 0.897. The number of ketones is 1. The standard InChI is InChI=1S/C19H23N3O4S2/c1-12-8-10-22(11-9-12)28(25,26)16-6-4-15(5-7-16)18(24)21-19-20-13(2)17(27-19)14(3)23/h4-7,12H,8-11H2,1-3H3,(H,20,21,24). The van der Waals surface area contributed by atoms with Crippen LogP contribution in [0.3, 0.4) is 0 Å². The third-order valence-corrected chi connectivity index (χ3v) is 7.92. The Bertz CT molecular complexity index is 989. The van der Waals surface area contributed by atoms with Crippen LogP contribution < -0.4 is 5.32 Å². The number of aromatic nitrogens is 1. The molecule has 2 aromatic rings. The van der Waals surface area contributed by atoms with Gasteiger partial charge in [0.2, 0.25) is 10.0 Å². The number of rotatable bonds is 5. The molecule has 1 aromatic carbocycles. The molecule has 0 spiro atoms. The highest BCUT2D eigenvalue weighted by Crippen LogP contribution is 2.25. The van der Waals surface area contributed by atoms with E-state index in [-0.39, 0.29) is 10.7 Å². The number of nitrogens with zero attached hydrogens (tertiary/aromatic N) is 2. The van der Waals surface area contributed by atoms with Gasteiger partial charge in [-0.15, -0.1) is 0 Å². The van der Waals surface area contributed by atoms with E-state index in [0.29, 0.717) is 40.3 Å². The minimum absolute atomic E-state index is 0.0998. The van der Waals surface area contributed by atoms with Crippen molar-refractivity contribution in [3.8, 4) is 0 Å². The first kappa shape index (κ1) is 20.6. The number of hydrogen-bond acceptors (Lipinski definition) is 6. The zero-order valence-electron chi connectivity index (χ0n) is 16.1. The number of sulfonamides is 1. The summed E-state index contributed by atoms with van der Waals surface area (Å²) >= 11 is 1.12. The van der Waals surface area contributed by atoms with E-state index in [0.717, 1.165) is 24.2 Å². The van der Waals surface area contributed by atoms with Crippen molar-refractivity contribution in [2.24, 2.45) is 5.92 Å². The number of benzene rings is 1. The smallest absolute Gasteiger partial charge is 0.257 e. The molecule has 1 aliphatic heterocycles. The molecule has 28 heavy (non-hydrogen) atoms. The van der Waals surface area contributed by atoms with Crippen LogP contribution in [0, 0.1) is 12.8 Å².